The highest BCUT2D eigenvalue weighted by Gasteiger charge is 2.14. The molecular weight excluding hydrogens is 342 g/mol. The van der Waals surface area contributed by atoms with Gasteiger partial charge in [-0.2, -0.15) is 15.0 Å². The molecule has 1 N–H and O–H groups in total. The van der Waals surface area contributed by atoms with Crippen LogP contribution >= 0.6 is 0 Å². The monoisotopic (exact) mass is 361 g/mol. The number of hydrogen-bond donors (Lipinski definition) is 1. The summed E-state index contributed by atoms with van der Waals surface area (Å²) in [5, 5.41) is 12.2. The van der Waals surface area contributed by atoms with E-state index in [1.54, 1.807) is 19.4 Å². The van der Waals surface area contributed by atoms with Gasteiger partial charge >= 0.3 is 0 Å². The average Bonchev–Trinajstić information content (AvgIpc) is 3.18. The normalized spacial score (nSPS) is 11.1. The highest BCUT2D eigenvalue weighted by molar-refractivity contribution is 5.98. The highest BCUT2D eigenvalue weighted by atomic mass is 16.1. The van der Waals surface area contributed by atoms with Gasteiger partial charge in [0.15, 0.2) is 0 Å². The molecule has 0 aliphatic rings. The number of fused-ring (bicyclic) bond motifs is 1. The van der Waals surface area contributed by atoms with Crippen molar-refractivity contribution in [3.05, 3.63) is 42.4 Å². The number of carbonyl (C=O) groups is 1. The zero-order chi connectivity index (χ0) is 19.1. The van der Waals surface area contributed by atoms with Crippen LogP contribution < -0.4 is 5.32 Å². The minimum absolute atomic E-state index is 0.155. The molecule has 0 atom stereocenters. The number of nitrogens with zero attached hydrogens (tertiary/aromatic N) is 6. The predicted molar refractivity (Wildman–Crippen MR) is 103 cm³/mol. The van der Waals surface area contributed by atoms with Crippen molar-refractivity contribution in [2.75, 3.05) is 5.32 Å². The Balaban J connectivity index is 1.89. The average molecular weight is 361 g/mol. The number of rotatable bonds is 3. The van der Waals surface area contributed by atoms with Gasteiger partial charge in [-0.25, -0.2) is 9.97 Å². The molecule has 8 heteroatoms. The molecular formula is C19H19N7O. The Labute approximate surface area is 155 Å². The molecule has 0 unspecified atom stereocenters. The smallest absolute Gasteiger partial charge is 0.222 e. The lowest BCUT2D eigenvalue weighted by atomic mass is 10.1. The van der Waals surface area contributed by atoms with Crippen LogP contribution in [0.3, 0.4) is 0 Å². The maximum atomic E-state index is 11.4. The van der Waals surface area contributed by atoms with Crippen molar-refractivity contribution in [3.8, 4) is 22.6 Å². The van der Waals surface area contributed by atoms with Crippen LogP contribution in [0.5, 0.6) is 0 Å². The van der Waals surface area contributed by atoms with E-state index in [-0.39, 0.29) is 5.91 Å². The second kappa shape index (κ2) is 6.31. The van der Waals surface area contributed by atoms with Crippen LogP contribution in [0.25, 0.3) is 33.5 Å². The predicted octanol–water partition coefficient (Wildman–Crippen LogP) is 2.70. The summed E-state index contributed by atoms with van der Waals surface area (Å²) in [6.07, 6.45) is 5.48. The Morgan fingerprint density at radius 1 is 1.07 bits per heavy atom. The van der Waals surface area contributed by atoms with Crippen LogP contribution in [0.4, 0.5) is 5.82 Å². The van der Waals surface area contributed by atoms with Gasteiger partial charge in [0.05, 0.1) is 29.3 Å². The first kappa shape index (κ1) is 16.9. The van der Waals surface area contributed by atoms with Crippen molar-refractivity contribution in [2.24, 2.45) is 14.1 Å². The molecule has 0 aliphatic carbocycles. The minimum atomic E-state index is -0.155. The zero-order valence-corrected chi connectivity index (χ0v) is 15.6. The third-order valence-corrected chi connectivity index (χ3v) is 4.29. The summed E-state index contributed by atoms with van der Waals surface area (Å²) in [5.41, 5.74) is 5.34. The molecule has 0 aromatic carbocycles. The first-order valence-electron chi connectivity index (χ1n) is 8.49. The van der Waals surface area contributed by atoms with E-state index in [1.807, 2.05) is 42.9 Å². The number of carbonyl (C=O) groups excluding carboxylic acids is 1. The van der Waals surface area contributed by atoms with Crippen molar-refractivity contribution >= 4 is 22.6 Å². The maximum Gasteiger partial charge on any atom is 0.222 e. The molecule has 4 aromatic rings. The summed E-state index contributed by atoms with van der Waals surface area (Å²) in [6.45, 7) is 3.49. The molecule has 0 saturated heterocycles. The standard InChI is InChI=1S/C19H19N7O/c1-11-5-15(23-16(6-11)17-8-21-26(4)24-17)14-10-25(3)18-9-20-19(7-13(14)18)22-12(2)27/h5-10H,1-4H3,(H,20,22,27). The Hall–Kier alpha value is -3.55. The second-order valence-corrected chi connectivity index (χ2v) is 6.56. The first-order chi connectivity index (χ1) is 12.9. The summed E-state index contributed by atoms with van der Waals surface area (Å²) in [4.78, 5) is 22.0. The van der Waals surface area contributed by atoms with E-state index in [4.69, 9.17) is 4.98 Å². The molecule has 27 heavy (non-hydrogen) atoms. The fraction of sp³-hybridized carbons (Fsp3) is 0.211. The summed E-state index contributed by atoms with van der Waals surface area (Å²) in [6, 6.07) is 5.90. The van der Waals surface area contributed by atoms with Gasteiger partial charge < -0.3 is 9.88 Å². The lowest BCUT2D eigenvalue weighted by molar-refractivity contribution is -0.114. The topological polar surface area (TPSA) is 90.5 Å². The Morgan fingerprint density at radius 3 is 2.56 bits per heavy atom. The lowest BCUT2D eigenvalue weighted by Gasteiger charge is -2.06. The van der Waals surface area contributed by atoms with Gasteiger partial charge in [-0.15, -0.1) is 0 Å². The van der Waals surface area contributed by atoms with Gasteiger partial charge in [0.25, 0.3) is 0 Å². The van der Waals surface area contributed by atoms with Gasteiger partial charge in [0.1, 0.15) is 11.5 Å². The second-order valence-electron chi connectivity index (χ2n) is 6.56. The van der Waals surface area contributed by atoms with E-state index < -0.39 is 0 Å². The van der Waals surface area contributed by atoms with Crippen LogP contribution in [0, 0.1) is 6.92 Å². The van der Waals surface area contributed by atoms with Crippen molar-refractivity contribution in [1.29, 1.82) is 0 Å². The minimum Gasteiger partial charge on any atom is -0.349 e. The van der Waals surface area contributed by atoms with Crippen LogP contribution in [-0.2, 0) is 18.9 Å². The number of amides is 1. The third-order valence-electron chi connectivity index (χ3n) is 4.29. The van der Waals surface area contributed by atoms with E-state index >= 15 is 0 Å². The van der Waals surface area contributed by atoms with Gasteiger partial charge in [0.2, 0.25) is 5.91 Å². The Bertz CT molecular complexity index is 1170. The number of aryl methyl sites for hydroxylation is 3. The van der Waals surface area contributed by atoms with Gasteiger partial charge in [-0.1, -0.05) is 0 Å². The summed E-state index contributed by atoms with van der Waals surface area (Å²) < 4.78 is 2.00. The molecule has 4 heterocycles. The molecule has 4 rings (SSSR count). The van der Waals surface area contributed by atoms with Crippen molar-refractivity contribution in [1.82, 2.24) is 29.5 Å². The van der Waals surface area contributed by atoms with Gasteiger partial charge in [-0.05, 0) is 30.7 Å². The molecule has 1 amide bonds. The van der Waals surface area contributed by atoms with E-state index in [0.29, 0.717) is 5.82 Å². The molecule has 0 radical (unpaired) electrons. The SMILES string of the molecule is CC(=O)Nc1cc2c(-c3cc(C)cc(-c4cnn(C)n4)n3)cn(C)c2cn1. The highest BCUT2D eigenvalue weighted by Crippen LogP contribution is 2.32. The fourth-order valence-corrected chi connectivity index (χ4v) is 3.13. The summed E-state index contributed by atoms with van der Waals surface area (Å²) in [7, 11) is 3.74. The molecule has 0 fully saturated rings. The molecule has 0 aliphatic heterocycles. The molecule has 4 aromatic heterocycles. The van der Waals surface area contributed by atoms with Crippen LogP contribution in [0.15, 0.2) is 36.8 Å². The van der Waals surface area contributed by atoms with Crippen LogP contribution in [0.1, 0.15) is 12.5 Å². The zero-order valence-electron chi connectivity index (χ0n) is 15.6. The Kier molecular flexibility index (Phi) is 3.95. The van der Waals surface area contributed by atoms with Crippen molar-refractivity contribution in [2.45, 2.75) is 13.8 Å². The number of aromatic nitrogens is 6. The summed E-state index contributed by atoms with van der Waals surface area (Å²) in [5.74, 6) is 0.363. The van der Waals surface area contributed by atoms with Gasteiger partial charge in [-0.3, -0.25) is 4.79 Å². The Morgan fingerprint density at radius 2 is 1.85 bits per heavy atom. The lowest BCUT2D eigenvalue weighted by Crippen LogP contribution is -2.07. The maximum absolute atomic E-state index is 11.4. The molecule has 0 saturated carbocycles. The van der Waals surface area contributed by atoms with Gasteiger partial charge in [0, 0.05) is 38.2 Å². The quantitative estimate of drug-likeness (QED) is 0.606. The van der Waals surface area contributed by atoms with Crippen LogP contribution in [-0.4, -0.2) is 35.4 Å². The summed E-state index contributed by atoms with van der Waals surface area (Å²) >= 11 is 0. The number of hydrogen-bond acceptors (Lipinski definition) is 5. The van der Waals surface area contributed by atoms with Crippen molar-refractivity contribution in [3.63, 3.8) is 0 Å². The van der Waals surface area contributed by atoms with E-state index in [2.05, 4.69) is 20.5 Å². The number of pyridine rings is 2. The molecule has 0 spiro atoms. The van der Waals surface area contributed by atoms with Crippen LogP contribution in [0.2, 0.25) is 0 Å². The number of nitrogens with one attached hydrogen (secondary N) is 1. The van der Waals surface area contributed by atoms with Crippen molar-refractivity contribution < 1.29 is 4.79 Å². The molecule has 0 bridgehead atoms. The first-order valence-corrected chi connectivity index (χ1v) is 8.49. The largest absolute Gasteiger partial charge is 0.349 e. The van der Waals surface area contributed by atoms with E-state index in [9.17, 15) is 4.79 Å². The van der Waals surface area contributed by atoms with E-state index in [0.717, 1.165) is 39.1 Å². The molecule has 8 nitrogen and oxygen atoms in total. The number of anilines is 1. The third kappa shape index (κ3) is 3.17. The fourth-order valence-electron chi connectivity index (χ4n) is 3.13. The molecule has 136 valence electrons. The van der Waals surface area contributed by atoms with E-state index in [1.165, 1.54) is 11.7 Å².